The van der Waals surface area contributed by atoms with Gasteiger partial charge in [-0.3, -0.25) is 14.6 Å². The highest BCUT2D eigenvalue weighted by atomic mass is 79.9. The zero-order valence-corrected chi connectivity index (χ0v) is 13.1. The minimum atomic E-state index is -0.369. The summed E-state index contributed by atoms with van der Waals surface area (Å²) in [5.41, 5.74) is 2.08. The van der Waals surface area contributed by atoms with Gasteiger partial charge >= 0.3 is 0 Å². The highest BCUT2D eigenvalue weighted by molar-refractivity contribution is 9.10. The summed E-state index contributed by atoms with van der Waals surface area (Å²) in [5.74, 6) is -0.0527. The van der Waals surface area contributed by atoms with Gasteiger partial charge in [-0.15, -0.1) is 0 Å². The molecule has 1 aromatic heterocycles. The molecule has 0 saturated carbocycles. The van der Waals surface area contributed by atoms with Crippen molar-refractivity contribution in [3.63, 3.8) is 0 Å². The van der Waals surface area contributed by atoms with Gasteiger partial charge in [-0.05, 0) is 24.6 Å². The van der Waals surface area contributed by atoms with Crippen LogP contribution in [0.2, 0.25) is 0 Å². The van der Waals surface area contributed by atoms with Crippen molar-refractivity contribution >= 4 is 33.8 Å². The van der Waals surface area contributed by atoms with Crippen molar-refractivity contribution in [3.8, 4) is 5.75 Å². The largest absolute Gasteiger partial charge is 0.496 e. The van der Waals surface area contributed by atoms with E-state index in [9.17, 15) is 9.59 Å². The third kappa shape index (κ3) is 3.28. The lowest BCUT2D eigenvalue weighted by Gasteiger charge is -2.10. The Hall–Kier alpha value is -2.21. The number of aromatic nitrogens is 1. The SMILES string of the molecule is COc1cc(C(=O)Nc2cccc(Br)c2C)ncc1C=O. The molecular weight excluding hydrogens is 336 g/mol. The fourth-order valence-corrected chi connectivity index (χ4v) is 2.13. The topological polar surface area (TPSA) is 68.3 Å². The number of carbonyl (C=O) groups is 2. The molecular formula is C15H13BrN2O3. The molecule has 0 unspecified atom stereocenters. The molecule has 1 aromatic carbocycles. The molecule has 1 N–H and O–H groups in total. The number of pyridine rings is 1. The number of rotatable bonds is 4. The third-order valence-corrected chi connectivity index (χ3v) is 3.85. The average Bonchev–Trinajstić information content (AvgIpc) is 2.51. The average molecular weight is 349 g/mol. The number of methoxy groups -OCH3 is 1. The van der Waals surface area contributed by atoms with Crippen LogP contribution in [-0.2, 0) is 0 Å². The zero-order chi connectivity index (χ0) is 15.4. The molecule has 5 nitrogen and oxygen atoms in total. The van der Waals surface area contributed by atoms with Crippen LogP contribution in [0, 0.1) is 6.92 Å². The fraction of sp³-hybridized carbons (Fsp3) is 0.133. The smallest absolute Gasteiger partial charge is 0.274 e. The van der Waals surface area contributed by atoms with Crippen LogP contribution >= 0.6 is 15.9 Å². The Morgan fingerprint density at radius 1 is 1.43 bits per heavy atom. The third-order valence-electron chi connectivity index (χ3n) is 2.99. The molecule has 0 aliphatic heterocycles. The lowest BCUT2D eigenvalue weighted by Crippen LogP contribution is -2.15. The quantitative estimate of drug-likeness (QED) is 0.861. The second kappa shape index (κ2) is 6.49. The Kier molecular flexibility index (Phi) is 4.70. The summed E-state index contributed by atoms with van der Waals surface area (Å²) >= 11 is 3.41. The maximum absolute atomic E-state index is 12.2. The number of aldehydes is 1. The number of benzene rings is 1. The minimum absolute atomic E-state index is 0.178. The highest BCUT2D eigenvalue weighted by Gasteiger charge is 2.13. The van der Waals surface area contributed by atoms with Gasteiger partial charge in [0.15, 0.2) is 6.29 Å². The van der Waals surface area contributed by atoms with E-state index in [0.29, 0.717) is 23.3 Å². The molecule has 1 heterocycles. The van der Waals surface area contributed by atoms with Gasteiger partial charge in [0.1, 0.15) is 11.4 Å². The number of amides is 1. The van der Waals surface area contributed by atoms with E-state index in [1.165, 1.54) is 19.4 Å². The van der Waals surface area contributed by atoms with E-state index in [0.717, 1.165) is 10.0 Å². The van der Waals surface area contributed by atoms with Crippen molar-refractivity contribution in [2.75, 3.05) is 12.4 Å². The molecule has 0 aliphatic rings. The molecule has 0 bridgehead atoms. The van der Waals surface area contributed by atoms with Crippen LogP contribution in [-0.4, -0.2) is 24.3 Å². The molecule has 0 aliphatic carbocycles. The van der Waals surface area contributed by atoms with Gasteiger partial charge in [-0.25, -0.2) is 0 Å². The molecule has 21 heavy (non-hydrogen) atoms. The molecule has 2 aromatic rings. The van der Waals surface area contributed by atoms with E-state index in [4.69, 9.17) is 4.74 Å². The summed E-state index contributed by atoms with van der Waals surface area (Å²) in [6, 6.07) is 6.96. The Morgan fingerprint density at radius 3 is 2.86 bits per heavy atom. The molecule has 108 valence electrons. The summed E-state index contributed by atoms with van der Waals surface area (Å²) in [6.07, 6.45) is 1.94. The zero-order valence-electron chi connectivity index (χ0n) is 11.5. The van der Waals surface area contributed by atoms with E-state index < -0.39 is 0 Å². The van der Waals surface area contributed by atoms with Crippen molar-refractivity contribution in [2.24, 2.45) is 0 Å². The number of hydrogen-bond acceptors (Lipinski definition) is 4. The molecule has 2 rings (SSSR count). The van der Waals surface area contributed by atoms with Crippen LogP contribution in [0.4, 0.5) is 5.69 Å². The maximum Gasteiger partial charge on any atom is 0.274 e. The summed E-state index contributed by atoms with van der Waals surface area (Å²) in [7, 11) is 1.43. The predicted octanol–water partition coefficient (Wildman–Crippen LogP) is 3.23. The first-order chi connectivity index (χ1) is 10.1. The molecule has 0 spiro atoms. The van der Waals surface area contributed by atoms with Gasteiger partial charge in [-0.2, -0.15) is 0 Å². The molecule has 0 atom stereocenters. The highest BCUT2D eigenvalue weighted by Crippen LogP contribution is 2.24. The van der Waals surface area contributed by atoms with Crippen molar-refractivity contribution in [1.82, 2.24) is 4.98 Å². The summed E-state index contributed by atoms with van der Waals surface area (Å²) in [5, 5.41) is 2.78. The van der Waals surface area contributed by atoms with Crippen molar-refractivity contribution in [3.05, 3.63) is 51.8 Å². The van der Waals surface area contributed by atoms with E-state index >= 15 is 0 Å². The van der Waals surface area contributed by atoms with Gasteiger partial charge in [-0.1, -0.05) is 22.0 Å². The van der Waals surface area contributed by atoms with Crippen LogP contribution in [0.15, 0.2) is 34.9 Å². The Balaban J connectivity index is 2.28. The van der Waals surface area contributed by atoms with Crippen LogP contribution in [0.25, 0.3) is 0 Å². The number of hydrogen-bond donors (Lipinski definition) is 1. The monoisotopic (exact) mass is 348 g/mol. The Morgan fingerprint density at radius 2 is 2.19 bits per heavy atom. The van der Waals surface area contributed by atoms with Crippen LogP contribution < -0.4 is 10.1 Å². The van der Waals surface area contributed by atoms with E-state index in [-0.39, 0.29) is 11.6 Å². The number of nitrogens with zero attached hydrogens (tertiary/aromatic N) is 1. The molecule has 0 saturated heterocycles. The van der Waals surface area contributed by atoms with Gasteiger partial charge in [0.2, 0.25) is 0 Å². The first-order valence-corrected chi connectivity index (χ1v) is 6.91. The standard InChI is InChI=1S/C15H13BrN2O3/c1-9-11(16)4-3-5-12(9)18-15(20)13-6-14(21-2)10(8-19)7-17-13/h3-8H,1-2H3,(H,18,20). The number of anilines is 1. The molecule has 1 amide bonds. The fourth-order valence-electron chi connectivity index (χ4n) is 1.77. The normalized spacial score (nSPS) is 10.0. The van der Waals surface area contributed by atoms with E-state index in [1.807, 2.05) is 19.1 Å². The summed E-state index contributed by atoms with van der Waals surface area (Å²) in [6.45, 7) is 1.89. The summed E-state index contributed by atoms with van der Waals surface area (Å²) < 4.78 is 5.97. The number of nitrogens with one attached hydrogen (secondary N) is 1. The van der Waals surface area contributed by atoms with Gasteiger partial charge < -0.3 is 10.1 Å². The van der Waals surface area contributed by atoms with Crippen LogP contribution in [0.1, 0.15) is 26.4 Å². The first-order valence-electron chi connectivity index (χ1n) is 6.12. The number of halogens is 1. The van der Waals surface area contributed by atoms with Gasteiger partial charge in [0, 0.05) is 22.4 Å². The lowest BCUT2D eigenvalue weighted by molar-refractivity contribution is 0.102. The van der Waals surface area contributed by atoms with Gasteiger partial charge in [0.25, 0.3) is 5.91 Å². The Labute approximate surface area is 130 Å². The van der Waals surface area contributed by atoms with Crippen LogP contribution in [0.3, 0.4) is 0 Å². The van der Waals surface area contributed by atoms with Crippen LogP contribution in [0.5, 0.6) is 5.75 Å². The lowest BCUT2D eigenvalue weighted by atomic mass is 10.2. The number of ether oxygens (including phenoxy) is 1. The summed E-state index contributed by atoms with van der Waals surface area (Å²) in [4.78, 5) is 27.0. The number of carbonyl (C=O) groups excluding carboxylic acids is 2. The second-order valence-corrected chi connectivity index (χ2v) is 5.15. The minimum Gasteiger partial charge on any atom is -0.496 e. The van der Waals surface area contributed by atoms with E-state index in [2.05, 4.69) is 26.2 Å². The van der Waals surface area contributed by atoms with Crippen molar-refractivity contribution in [1.29, 1.82) is 0 Å². The molecule has 6 heteroatoms. The second-order valence-electron chi connectivity index (χ2n) is 4.30. The first kappa shape index (κ1) is 15.2. The van der Waals surface area contributed by atoms with E-state index in [1.54, 1.807) is 6.07 Å². The van der Waals surface area contributed by atoms with Crippen molar-refractivity contribution in [2.45, 2.75) is 6.92 Å². The van der Waals surface area contributed by atoms with Crippen molar-refractivity contribution < 1.29 is 14.3 Å². The Bertz CT molecular complexity index is 701. The van der Waals surface area contributed by atoms with Gasteiger partial charge in [0.05, 0.1) is 12.7 Å². The molecule has 0 radical (unpaired) electrons. The maximum atomic E-state index is 12.2. The predicted molar refractivity (Wildman–Crippen MR) is 83.0 cm³/mol. The molecule has 0 fully saturated rings.